The normalized spacial score (nSPS) is 51.2. The van der Waals surface area contributed by atoms with Crippen molar-refractivity contribution in [2.24, 2.45) is 23.2 Å². The van der Waals surface area contributed by atoms with Gasteiger partial charge in [-0.1, -0.05) is 18.6 Å². The Morgan fingerprint density at radius 2 is 2.31 bits per heavy atom. The number of carbonyl (C=O) groups is 1. The number of Topliss-reactive ketones (excluding diaryl/α,β-unsaturated/α-hetero) is 1. The van der Waals surface area contributed by atoms with Crippen molar-refractivity contribution in [2.75, 3.05) is 0 Å². The maximum Gasteiger partial charge on any atom is 0.136 e. The van der Waals surface area contributed by atoms with Crippen molar-refractivity contribution in [1.29, 1.82) is 0 Å². The molecular weight excluding hydrogens is 160 g/mol. The Labute approximate surface area is 79.2 Å². The summed E-state index contributed by atoms with van der Waals surface area (Å²) in [6.07, 6.45) is 6.03. The molecule has 0 aromatic carbocycles. The van der Waals surface area contributed by atoms with Crippen molar-refractivity contribution in [3.05, 3.63) is 11.6 Å². The third-order valence-electron chi connectivity index (χ3n) is 4.79. The minimum Gasteiger partial charge on any atom is -0.299 e. The van der Waals surface area contributed by atoms with E-state index in [1.807, 2.05) is 0 Å². The lowest BCUT2D eigenvalue weighted by Crippen LogP contribution is -2.35. The van der Waals surface area contributed by atoms with Crippen LogP contribution in [0.25, 0.3) is 0 Å². The van der Waals surface area contributed by atoms with Crippen molar-refractivity contribution in [2.45, 2.75) is 33.1 Å². The molecule has 13 heavy (non-hydrogen) atoms. The molecule has 0 aromatic rings. The molecule has 4 unspecified atom stereocenters. The Balaban J connectivity index is 2.08. The molecule has 0 radical (unpaired) electrons. The summed E-state index contributed by atoms with van der Waals surface area (Å²) in [6, 6.07) is 0. The van der Waals surface area contributed by atoms with Crippen LogP contribution in [0.5, 0.6) is 0 Å². The fourth-order valence-corrected chi connectivity index (χ4v) is 3.85. The zero-order valence-electron chi connectivity index (χ0n) is 8.34. The highest BCUT2D eigenvalue weighted by Gasteiger charge is 2.58. The van der Waals surface area contributed by atoms with Gasteiger partial charge in [-0.05, 0) is 43.9 Å². The number of hydrogen-bond acceptors (Lipinski definition) is 1. The first kappa shape index (κ1) is 7.78. The average molecular weight is 176 g/mol. The third-order valence-corrected chi connectivity index (χ3v) is 4.79. The van der Waals surface area contributed by atoms with Gasteiger partial charge in [0.2, 0.25) is 0 Å². The zero-order valence-corrected chi connectivity index (χ0v) is 8.34. The van der Waals surface area contributed by atoms with Crippen LogP contribution in [-0.4, -0.2) is 5.78 Å². The van der Waals surface area contributed by atoms with Crippen LogP contribution in [0.2, 0.25) is 0 Å². The molecule has 0 aromatic heterocycles. The molecule has 0 aliphatic heterocycles. The van der Waals surface area contributed by atoms with Crippen LogP contribution < -0.4 is 0 Å². The third kappa shape index (κ3) is 0.722. The molecule has 3 rings (SSSR count). The number of hydrogen-bond donors (Lipinski definition) is 0. The van der Waals surface area contributed by atoms with Gasteiger partial charge in [0.05, 0.1) is 0 Å². The molecule has 70 valence electrons. The minimum absolute atomic E-state index is 0.0509. The van der Waals surface area contributed by atoms with E-state index in [0.717, 1.165) is 11.8 Å². The summed E-state index contributed by atoms with van der Waals surface area (Å²) in [5, 5.41) is 0. The Bertz CT molecular complexity index is 315. The second kappa shape index (κ2) is 2.08. The number of carbonyl (C=O) groups excluding carboxylic acids is 1. The second-order valence-corrected chi connectivity index (χ2v) is 5.22. The summed E-state index contributed by atoms with van der Waals surface area (Å²) in [6.45, 7) is 4.02. The van der Waals surface area contributed by atoms with Crippen molar-refractivity contribution >= 4 is 5.78 Å². The lowest BCUT2D eigenvalue weighted by molar-refractivity contribution is -0.128. The van der Waals surface area contributed by atoms with Crippen LogP contribution >= 0.6 is 0 Å². The monoisotopic (exact) mass is 176 g/mol. The van der Waals surface area contributed by atoms with Crippen LogP contribution in [0.1, 0.15) is 33.1 Å². The van der Waals surface area contributed by atoms with Gasteiger partial charge in [0.15, 0.2) is 0 Å². The molecule has 1 heteroatoms. The molecular formula is C12H16O. The van der Waals surface area contributed by atoms with Gasteiger partial charge < -0.3 is 0 Å². The first-order chi connectivity index (χ1) is 6.13. The Kier molecular flexibility index (Phi) is 1.24. The molecule has 0 heterocycles. The van der Waals surface area contributed by atoms with Gasteiger partial charge in [-0.25, -0.2) is 0 Å². The summed E-state index contributed by atoms with van der Waals surface area (Å²) >= 11 is 0. The lowest BCUT2D eigenvalue weighted by atomic mass is 9.65. The first-order valence-electron chi connectivity index (χ1n) is 5.35. The SMILES string of the molecule is CC(=O)C12CC3CC(=CC1C)C3C2. The van der Waals surface area contributed by atoms with Gasteiger partial charge in [-0.2, -0.15) is 0 Å². The van der Waals surface area contributed by atoms with Crippen LogP contribution in [0, 0.1) is 23.2 Å². The van der Waals surface area contributed by atoms with Gasteiger partial charge in [0.1, 0.15) is 5.78 Å². The summed E-state index contributed by atoms with van der Waals surface area (Å²) in [4.78, 5) is 11.7. The molecule has 0 saturated heterocycles. The van der Waals surface area contributed by atoms with Crippen LogP contribution in [-0.2, 0) is 4.79 Å². The number of fused-ring (bicyclic) bond motifs is 1. The molecule has 0 N–H and O–H groups in total. The van der Waals surface area contributed by atoms with Crippen LogP contribution in [0.4, 0.5) is 0 Å². The highest BCUT2D eigenvalue weighted by atomic mass is 16.1. The lowest BCUT2D eigenvalue weighted by Gasteiger charge is -2.39. The zero-order chi connectivity index (χ0) is 9.22. The van der Waals surface area contributed by atoms with Crippen LogP contribution in [0.3, 0.4) is 0 Å². The van der Waals surface area contributed by atoms with Gasteiger partial charge in [0.25, 0.3) is 0 Å². The van der Waals surface area contributed by atoms with E-state index in [-0.39, 0.29) is 5.41 Å². The highest BCUT2D eigenvalue weighted by molar-refractivity contribution is 5.84. The van der Waals surface area contributed by atoms with E-state index in [1.165, 1.54) is 19.3 Å². The topological polar surface area (TPSA) is 17.1 Å². The summed E-state index contributed by atoms with van der Waals surface area (Å²) in [5.41, 5.74) is 1.71. The molecule has 4 atom stereocenters. The predicted octanol–water partition coefficient (Wildman–Crippen LogP) is 2.57. The Hall–Kier alpha value is -0.590. The molecule has 2 bridgehead atoms. The number of rotatable bonds is 1. The summed E-state index contributed by atoms with van der Waals surface area (Å²) in [5.74, 6) is 2.61. The van der Waals surface area contributed by atoms with E-state index in [4.69, 9.17) is 0 Å². The van der Waals surface area contributed by atoms with Gasteiger partial charge in [-0.3, -0.25) is 4.79 Å². The number of ketones is 1. The van der Waals surface area contributed by atoms with E-state index in [9.17, 15) is 4.79 Å². The predicted molar refractivity (Wildman–Crippen MR) is 51.2 cm³/mol. The van der Waals surface area contributed by atoms with E-state index < -0.39 is 0 Å². The van der Waals surface area contributed by atoms with Gasteiger partial charge in [-0.15, -0.1) is 0 Å². The van der Waals surface area contributed by atoms with Gasteiger partial charge >= 0.3 is 0 Å². The fourth-order valence-electron chi connectivity index (χ4n) is 3.85. The maximum absolute atomic E-state index is 11.7. The fraction of sp³-hybridized carbons (Fsp3) is 0.750. The molecule has 2 saturated carbocycles. The second-order valence-electron chi connectivity index (χ2n) is 5.22. The Morgan fingerprint density at radius 3 is 3.00 bits per heavy atom. The standard InChI is InChI=1S/C12H16O/c1-7-3-9-4-10-5-12(7,8(2)13)6-11(9)10/h3,7,10-11H,4-6H2,1-2H3. The molecule has 0 amide bonds. The first-order valence-corrected chi connectivity index (χ1v) is 5.35. The van der Waals surface area contributed by atoms with Crippen molar-refractivity contribution < 1.29 is 4.79 Å². The largest absolute Gasteiger partial charge is 0.299 e. The van der Waals surface area contributed by atoms with Crippen LogP contribution in [0.15, 0.2) is 11.6 Å². The molecule has 3 aliphatic carbocycles. The van der Waals surface area contributed by atoms with Crippen molar-refractivity contribution in [3.8, 4) is 0 Å². The quantitative estimate of drug-likeness (QED) is 0.561. The van der Waals surface area contributed by atoms with E-state index in [2.05, 4.69) is 13.0 Å². The van der Waals surface area contributed by atoms with E-state index >= 15 is 0 Å². The maximum atomic E-state index is 11.7. The molecule has 3 aliphatic rings. The van der Waals surface area contributed by atoms with Crippen molar-refractivity contribution in [3.63, 3.8) is 0 Å². The Morgan fingerprint density at radius 1 is 1.54 bits per heavy atom. The molecule has 2 fully saturated rings. The summed E-state index contributed by atoms with van der Waals surface area (Å²) in [7, 11) is 0. The highest BCUT2D eigenvalue weighted by Crippen LogP contribution is 2.64. The molecule has 0 spiro atoms. The smallest absolute Gasteiger partial charge is 0.136 e. The average Bonchev–Trinajstić information content (AvgIpc) is 2.19. The van der Waals surface area contributed by atoms with E-state index in [0.29, 0.717) is 11.7 Å². The van der Waals surface area contributed by atoms with E-state index in [1.54, 1.807) is 12.5 Å². The van der Waals surface area contributed by atoms with Crippen molar-refractivity contribution in [1.82, 2.24) is 0 Å². The summed E-state index contributed by atoms with van der Waals surface area (Å²) < 4.78 is 0. The number of allylic oxidation sites excluding steroid dienone is 2. The van der Waals surface area contributed by atoms with Gasteiger partial charge in [0, 0.05) is 5.41 Å². The molecule has 1 nitrogen and oxygen atoms in total. The minimum atomic E-state index is 0.0509.